The number of rotatable bonds is 5. The Bertz CT molecular complexity index is 2620. The van der Waals surface area contributed by atoms with Crippen LogP contribution < -0.4 is 4.57 Å². The van der Waals surface area contributed by atoms with Gasteiger partial charge in [-0.1, -0.05) is 109 Å². The third kappa shape index (κ3) is 4.89. The number of nitrogens with zero attached hydrogens (tertiary/aromatic N) is 3. The molecule has 50 heavy (non-hydrogen) atoms. The highest BCUT2D eigenvalue weighted by Gasteiger charge is 2.28. The molecule has 0 aliphatic heterocycles. The molecule has 3 nitrogen and oxygen atoms in total. The number of hydrogen-bond donors (Lipinski definition) is 0. The van der Waals surface area contributed by atoms with Crippen LogP contribution in [0.2, 0.25) is 0 Å². The molecule has 0 fully saturated rings. The zero-order chi connectivity index (χ0) is 36.9. The van der Waals surface area contributed by atoms with E-state index in [0.29, 0.717) is 0 Å². The summed E-state index contributed by atoms with van der Waals surface area (Å²) in [5.74, 6) is -0.658. The van der Waals surface area contributed by atoms with E-state index >= 15 is 0 Å². The smallest absolute Gasteiger partial charge is 0.287 e. The molecule has 0 aliphatic carbocycles. The first-order valence-electron chi connectivity index (χ1n) is 18.8. The summed E-state index contributed by atoms with van der Waals surface area (Å²) < 4.78 is 25.3. The SMILES string of the molecule is [2H]C(C)(C)c1cccc(C([2H])(C)C)c1-c1cc[n+](C)c(-n2c3ccc(-n4c5ccccc5c5ccccc54)cc3c3ccc(C(C)(C)C)c(C)c32)c1. The summed E-state index contributed by atoms with van der Waals surface area (Å²) in [7, 11) is 2.11. The molecule has 250 valence electrons. The maximum atomic E-state index is 9.13. The molecule has 5 aromatic carbocycles. The van der Waals surface area contributed by atoms with Crippen molar-refractivity contribution in [2.75, 3.05) is 0 Å². The van der Waals surface area contributed by atoms with E-state index in [0.717, 1.165) is 39.3 Å². The van der Waals surface area contributed by atoms with Crippen molar-refractivity contribution in [3.8, 4) is 22.6 Å². The molecule has 0 saturated carbocycles. The van der Waals surface area contributed by atoms with E-state index in [2.05, 4.69) is 158 Å². The van der Waals surface area contributed by atoms with Crippen molar-refractivity contribution in [2.45, 2.75) is 72.6 Å². The quantitative estimate of drug-likeness (QED) is 0.164. The van der Waals surface area contributed by atoms with Crippen LogP contribution in [0.15, 0.2) is 115 Å². The van der Waals surface area contributed by atoms with Crippen LogP contribution in [-0.4, -0.2) is 9.13 Å². The number of aryl methyl sites for hydroxylation is 2. The van der Waals surface area contributed by atoms with Gasteiger partial charge in [0.05, 0.1) is 24.3 Å². The van der Waals surface area contributed by atoms with Crippen LogP contribution in [0, 0.1) is 6.92 Å². The standard InChI is InChI=1S/C47H48N3/c1-29(2)34-17-14-18-35(30(3)4)45(34)32-25-26-48(9)44(27-32)50-43-24-21-33(28-39(43)38-22-23-40(47(6,7)8)31(5)46(38)50)49-41-19-12-10-15-36(41)37-16-11-13-20-42(37)49/h10-30H,1-9H3/q+1/i29D,30D. The van der Waals surface area contributed by atoms with Crippen molar-refractivity contribution < 1.29 is 7.31 Å². The molecule has 0 spiro atoms. The minimum atomic E-state index is -0.844. The first-order chi connectivity index (χ1) is 24.6. The first-order valence-corrected chi connectivity index (χ1v) is 17.8. The van der Waals surface area contributed by atoms with E-state index in [1.807, 2.05) is 33.8 Å². The lowest BCUT2D eigenvalue weighted by Gasteiger charge is -2.22. The van der Waals surface area contributed by atoms with Crippen molar-refractivity contribution in [2.24, 2.45) is 7.05 Å². The van der Waals surface area contributed by atoms with Crippen LogP contribution in [0.1, 0.15) is 85.2 Å². The fraction of sp³-hybridized carbons (Fsp3) is 0.255. The van der Waals surface area contributed by atoms with Crippen LogP contribution in [0.25, 0.3) is 66.2 Å². The van der Waals surface area contributed by atoms with Crippen molar-refractivity contribution >= 4 is 43.6 Å². The van der Waals surface area contributed by atoms with E-state index in [9.17, 15) is 0 Å². The molecule has 3 heterocycles. The van der Waals surface area contributed by atoms with Crippen molar-refractivity contribution in [3.63, 3.8) is 0 Å². The van der Waals surface area contributed by atoms with Gasteiger partial charge in [-0.05, 0) is 94.4 Å². The van der Waals surface area contributed by atoms with Gasteiger partial charge in [-0.15, -0.1) is 0 Å². The second kappa shape index (κ2) is 11.7. The number of fused-ring (bicyclic) bond motifs is 6. The molecule has 0 aliphatic rings. The van der Waals surface area contributed by atoms with E-state index in [4.69, 9.17) is 2.74 Å². The monoisotopic (exact) mass is 656 g/mol. The summed E-state index contributed by atoms with van der Waals surface area (Å²) in [6.45, 7) is 16.9. The van der Waals surface area contributed by atoms with E-state index in [1.165, 1.54) is 49.2 Å². The maximum Gasteiger partial charge on any atom is 0.287 e. The number of aromatic nitrogens is 3. The van der Waals surface area contributed by atoms with Gasteiger partial charge in [-0.25, -0.2) is 4.57 Å². The molecule has 8 rings (SSSR count). The molecule has 0 radical (unpaired) electrons. The molecule has 0 bridgehead atoms. The Hall–Kier alpha value is -5.15. The maximum absolute atomic E-state index is 9.13. The second-order valence-electron chi connectivity index (χ2n) is 15.4. The number of hydrogen-bond acceptors (Lipinski definition) is 0. The van der Waals surface area contributed by atoms with Crippen molar-refractivity contribution in [1.82, 2.24) is 9.13 Å². The van der Waals surface area contributed by atoms with Crippen molar-refractivity contribution in [3.05, 3.63) is 138 Å². The van der Waals surface area contributed by atoms with Gasteiger partial charge in [-0.3, -0.25) is 0 Å². The van der Waals surface area contributed by atoms with Crippen LogP contribution in [0.3, 0.4) is 0 Å². The average Bonchev–Trinajstić information content (AvgIpc) is 3.60. The summed E-state index contributed by atoms with van der Waals surface area (Å²) in [6.07, 6.45) is 2.13. The molecular formula is C47H48N3+. The Morgan fingerprint density at radius 1 is 0.620 bits per heavy atom. The molecule has 0 atom stereocenters. The lowest BCUT2D eigenvalue weighted by atomic mass is 9.83. The van der Waals surface area contributed by atoms with Crippen LogP contribution in [0.5, 0.6) is 0 Å². The predicted molar refractivity (Wildman–Crippen MR) is 213 cm³/mol. The Kier molecular flexibility index (Phi) is 6.98. The normalized spacial score (nSPS) is 13.5. The highest BCUT2D eigenvalue weighted by atomic mass is 15.1. The van der Waals surface area contributed by atoms with Crippen LogP contribution >= 0.6 is 0 Å². The molecule has 8 aromatic rings. The Balaban J connectivity index is 1.47. The molecule has 0 unspecified atom stereocenters. The zero-order valence-electron chi connectivity index (χ0n) is 32.8. The lowest BCUT2D eigenvalue weighted by molar-refractivity contribution is -0.665. The minimum Gasteiger partial charge on any atom is -0.309 e. The number of benzene rings is 5. The Morgan fingerprint density at radius 3 is 1.82 bits per heavy atom. The molecule has 3 aromatic heterocycles. The van der Waals surface area contributed by atoms with Gasteiger partial charge >= 0.3 is 0 Å². The summed E-state index contributed by atoms with van der Waals surface area (Å²) in [5, 5.41) is 4.92. The largest absolute Gasteiger partial charge is 0.309 e. The Labute approximate surface area is 299 Å². The zero-order valence-corrected chi connectivity index (χ0v) is 30.8. The highest BCUT2D eigenvalue weighted by molar-refractivity contribution is 6.13. The molecule has 0 saturated heterocycles. The number of pyridine rings is 1. The van der Waals surface area contributed by atoms with Gasteiger partial charge in [0.15, 0.2) is 0 Å². The van der Waals surface area contributed by atoms with Crippen LogP contribution in [-0.2, 0) is 12.5 Å². The first kappa shape index (κ1) is 29.7. The molecule has 0 N–H and O–H groups in total. The predicted octanol–water partition coefficient (Wildman–Crippen LogP) is 12.2. The number of para-hydroxylation sites is 2. The van der Waals surface area contributed by atoms with Gasteiger partial charge in [-0.2, -0.15) is 4.57 Å². The average molecular weight is 657 g/mol. The van der Waals surface area contributed by atoms with E-state index < -0.39 is 11.8 Å². The van der Waals surface area contributed by atoms with Crippen LogP contribution in [0.4, 0.5) is 0 Å². The van der Waals surface area contributed by atoms with Crippen molar-refractivity contribution in [1.29, 1.82) is 0 Å². The second-order valence-corrected chi connectivity index (χ2v) is 15.4. The Morgan fingerprint density at radius 2 is 1.22 bits per heavy atom. The summed E-state index contributed by atoms with van der Waals surface area (Å²) in [4.78, 5) is 0. The fourth-order valence-electron chi connectivity index (χ4n) is 8.28. The van der Waals surface area contributed by atoms with E-state index in [-0.39, 0.29) is 5.41 Å². The topological polar surface area (TPSA) is 13.7 Å². The van der Waals surface area contributed by atoms with Gasteiger partial charge in [0.1, 0.15) is 11.0 Å². The fourth-order valence-corrected chi connectivity index (χ4v) is 8.28. The molecule has 3 heteroatoms. The van der Waals surface area contributed by atoms with Gasteiger partial charge in [0.2, 0.25) is 0 Å². The molecular weight excluding hydrogens is 607 g/mol. The summed E-state index contributed by atoms with van der Waals surface area (Å²) in [6, 6.07) is 39.5. The lowest BCUT2D eigenvalue weighted by Crippen LogP contribution is -2.33. The summed E-state index contributed by atoms with van der Waals surface area (Å²) in [5.41, 5.74) is 12.3. The highest BCUT2D eigenvalue weighted by Crippen LogP contribution is 2.41. The van der Waals surface area contributed by atoms with Gasteiger partial charge < -0.3 is 4.57 Å². The van der Waals surface area contributed by atoms with E-state index in [1.54, 1.807) is 0 Å². The minimum absolute atomic E-state index is 0.0367. The van der Waals surface area contributed by atoms with Gasteiger partial charge in [0.25, 0.3) is 5.82 Å². The third-order valence-corrected chi connectivity index (χ3v) is 10.6. The van der Waals surface area contributed by atoms with Gasteiger partial charge in [0, 0.05) is 41.6 Å². The third-order valence-electron chi connectivity index (χ3n) is 10.6. The summed E-state index contributed by atoms with van der Waals surface area (Å²) >= 11 is 0. The molecule has 0 amide bonds.